The number of hydrogen-bond donors (Lipinski definition) is 2. The number of ether oxygens (including phenoxy) is 1. The highest BCUT2D eigenvalue weighted by Crippen LogP contribution is 2.12. The van der Waals surface area contributed by atoms with Crippen molar-refractivity contribution in [3.05, 3.63) is 36.4 Å². The van der Waals surface area contributed by atoms with Crippen LogP contribution >= 0.6 is 0 Å². The Morgan fingerprint density at radius 1 is 1.27 bits per heavy atom. The van der Waals surface area contributed by atoms with Crippen LogP contribution in [0.2, 0.25) is 0 Å². The number of aromatic amines is 1. The van der Waals surface area contributed by atoms with Crippen LogP contribution in [-0.2, 0) is 6.42 Å². The molecule has 3 N–H and O–H groups in total. The van der Waals surface area contributed by atoms with E-state index in [0.717, 1.165) is 17.3 Å². The van der Waals surface area contributed by atoms with Crippen LogP contribution in [-0.4, -0.2) is 21.8 Å². The molecule has 0 saturated carbocycles. The molecule has 0 atom stereocenters. The fourth-order valence-corrected chi connectivity index (χ4v) is 1.18. The molecule has 0 saturated heterocycles. The van der Waals surface area contributed by atoms with Gasteiger partial charge in [0.05, 0.1) is 6.61 Å². The average molecular weight is 204 g/mol. The summed E-state index contributed by atoms with van der Waals surface area (Å²) in [6.07, 6.45) is 2.20. The third kappa shape index (κ3) is 2.70. The van der Waals surface area contributed by atoms with E-state index in [9.17, 15) is 0 Å². The average Bonchev–Trinajstić information content (AvgIpc) is 2.74. The lowest BCUT2D eigenvalue weighted by Crippen LogP contribution is -2.02. The second-order valence-corrected chi connectivity index (χ2v) is 3.10. The summed E-state index contributed by atoms with van der Waals surface area (Å²) in [5, 5.41) is 6.52. The highest BCUT2D eigenvalue weighted by Gasteiger charge is 1.97. The van der Waals surface area contributed by atoms with Crippen molar-refractivity contribution in [3.63, 3.8) is 0 Å². The standard InChI is InChI=1S/C10H12N4O/c11-8-1-3-9(4-2-8)15-6-5-10-12-7-13-14-10/h1-4,7H,5-6,11H2,(H,12,13,14). The molecule has 1 heterocycles. The molecule has 0 amide bonds. The highest BCUT2D eigenvalue weighted by molar-refractivity contribution is 5.41. The summed E-state index contributed by atoms with van der Waals surface area (Å²) in [7, 11) is 0. The molecule has 0 fully saturated rings. The van der Waals surface area contributed by atoms with Gasteiger partial charge in [-0.2, -0.15) is 5.10 Å². The van der Waals surface area contributed by atoms with E-state index < -0.39 is 0 Å². The zero-order valence-corrected chi connectivity index (χ0v) is 8.18. The molecule has 0 unspecified atom stereocenters. The van der Waals surface area contributed by atoms with Crippen molar-refractivity contribution in [1.29, 1.82) is 0 Å². The number of nitrogen functional groups attached to an aromatic ring is 1. The van der Waals surface area contributed by atoms with Gasteiger partial charge in [-0.15, -0.1) is 0 Å². The van der Waals surface area contributed by atoms with Crippen LogP contribution in [0.5, 0.6) is 5.75 Å². The van der Waals surface area contributed by atoms with Crippen LogP contribution in [0.1, 0.15) is 5.82 Å². The number of anilines is 1. The zero-order valence-electron chi connectivity index (χ0n) is 8.18. The van der Waals surface area contributed by atoms with Gasteiger partial charge in [0, 0.05) is 12.1 Å². The van der Waals surface area contributed by atoms with E-state index in [0.29, 0.717) is 13.0 Å². The van der Waals surface area contributed by atoms with Gasteiger partial charge in [0.25, 0.3) is 0 Å². The molecule has 15 heavy (non-hydrogen) atoms. The number of nitrogens with one attached hydrogen (secondary N) is 1. The number of benzene rings is 1. The molecule has 5 nitrogen and oxygen atoms in total. The number of nitrogens with zero attached hydrogens (tertiary/aromatic N) is 2. The number of aromatic nitrogens is 3. The third-order valence-electron chi connectivity index (χ3n) is 1.95. The van der Waals surface area contributed by atoms with Crippen molar-refractivity contribution in [1.82, 2.24) is 15.2 Å². The van der Waals surface area contributed by atoms with Gasteiger partial charge in [-0.1, -0.05) is 0 Å². The molecule has 0 spiro atoms. The highest BCUT2D eigenvalue weighted by atomic mass is 16.5. The van der Waals surface area contributed by atoms with Gasteiger partial charge in [-0.3, -0.25) is 5.10 Å². The van der Waals surface area contributed by atoms with Crippen molar-refractivity contribution in [2.75, 3.05) is 12.3 Å². The van der Waals surface area contributed by atoms with Crippen molar-refractivity contribution >= 4 is 5.69 Å². The predicted octanol–water partition coefficient (Wildman–Crippen LogP) is 1.01. The van der Waals surface area contributed by atoms with Crippen molar-refractivity contribution in [2.24, 2.45) is 0 Å². The minimum atomic E-state index is 0.569. The molecule has 0 aliphatic rings. The summed E-state index contributed by atoms with van der Waals surface area (Å²) in [6, 6.07) is 7.30. The van der Waals surface area contributed by atoms with Crippen LogP contribution in [0.25, 0.3) is 0 Å². The predicted molar refractivity (Wildman–Crippen MR) is 56.4 cm³/mol. The van der Waals surface area contributed by atoms with E-state index in [4.69, 9.17) is 10.5 Å². The Morgan fingerprint density at radius 3 is 2.73 bits per heavy atom. The molecule has 5 heteroatoms. The Labute approximate surface area is 87.3 Å². The molecule has 78 valence electrons. The monoisotopic (exact) mass is 204 g/mol. The van der Waals surface area contributed by atoms with Crippen LogP contribution < -0.4 is 10.5 Å². The molecule has 2 aromatic rings. The first-order chi connectivity index (χ1) is 7.34. The van der Waals surface area contributed by atoms with E-state index in [1.54, 1.807) is 0 Å². The Balaban J connectivity index is 1.81. The first kappa shape index (κ1) is 9.51. The van der Waals surface area contributed by atoms with Gasteiger partial charge in [-0.25, -0.2) is 4.98 Å². The minimum absolute atomic E-state index is 0.569. The first-order valence-corrected chi connectivity index (χ1v) is 4.67. The summed E-state index contributed by atoms with van der Waals surface area (Å²) in [6.45, 7) is 0.569. The molecular weight excluding hydrogens is 192 g/mol. The fraction of sp³-hybridized carbons (Fsp3) is 0.200. The van der Waals surface area contributed by atoms with Crippen molar-refractivity contribution in [3.8, 4) is 5.75 Å². The third-order valence-corrected chi connectivity index (χ3v) is 1.95. The largest absolute Gasteiger partial charge is 0.493 e. The SMILES string of the molecule is Nc1ccc(OCCc2ncn[nH]2)cc1. The van der Waals surface area contributed by atoms with E-state index >= 15 is 0 Å². The Hall–Kier alpha value is -2.04. The summed E-state index contributed by atoms with van der Waals surface area (Å²) >= 11 is 0. The maximum absolute atomic E-state index is 5.55. The van der Waals surface area contributed by atoms with Gasteiger partial charge >= 0.3 is 0 Å². The van der Waals surface area contributed by atoms with E-state index in [2.05, 4.69) is 15.2 Å². The zero-order chi connectivity index (χ0) is 10.5. The maximum atomic E-state index is 5.55. The first-order valence-electron chi connectivity index (χ1n) is 4.67. The molecule has 0 aliphatic heterocycles. The second kappa shape index (κ2) is 4.45. The van der Waals surface area contributed by atoms with Gasteiger partial charge < -0.3 is 10.5 Å². The van der Waals surface area contributed by atoms with Gasteiger partial charge in [-0.05, 0) is 24.3 Å². The van der Waals surface area contributed by atoms with Gasteiger partial charge in [0.2, 0.25) is 0 Å². The van der Waals surface area contributed by atoms with E-state index in [1.165, 1.54) is 6.33 Å². The van der Waals surface area contributed by atoms with Crippen LogP contribution in [0.3, 0.4) is 0 Å². The lowest BCUT2D eigenvalue weighted by Gasteiger charge is -2.04. The van der Waals surface area contributed by atoms with E-state index in [1.807, 2.05) is 24.3 Å². The number of rotatable bonds is 4. The maximum Gasteiger partial charge on any atom is 0.137 e. The summed E-state index contributed by atoms with van der Waals surface area (Å²) < 4.78 is 5.49. The summed E-state index contributed by atoms with van der Waals surface area (Å²) in [4.78, 5) is 3.99. The Kier molecular flexibility index (Phi) is 2.82. The molecule has 1 aromatic carbocycles. The lowest BCUT2D eigenvalue weighted by atomic mass is 10.3. The topological polar surface area (TPSA) is 76.8 Å². The molecule has 0 bridgehead atoms. The van der Waals surface area contributed by atoms with Crippen LogP contribution in [0.15, 0.2) is 30.6 Å². The minimum Gasteiger partial charge on any atom is -0.493 e. The second-order valence-electron chi connectivity index (χ2n) is 3.10. The van der Waals surface area contributed by atoms with Gasteiger partial charge in [0.1, 0.15) is 17.9 Å². The quantitative estimate of drug-likeness (QED) is 0.728. The summed E-state index contributed by atoms with van der Waals surface area (Å²) in [5.41, 5.74) is 6.29. The number of hydrogen-bond acceptors (Lipinski definition) is 4. The molecule has 2 rings (SSSR count). The van der Waals surface area contributed by atoms with Crippen molar-refractivity contribution in [2.45, 2.75) is 6.42 Å². The number of nitrogens with two attached hydrogens (primary N) is 1. The Morgan fingerprint density at radius 2 is 2.07 bits per heavy atom. The fourth-order valence-electron chi connectivity index (χ4n) is 1.18. The smallest absolute Gasteiger partial charge is 0.137 e. The van der Waals surface area contributed by atoms with Crippen LogP contribution in [0.4, 0.5) is 5.69 Å². The molecule has 1 aromatic heterocycles. The van der Waals surface area contributed by atoms with Gasteiger partial charge in [0.15, 0.2) is 0 Å². The Bertz CT molecular complexity index is 396. The lowest BCUT2D eigenvalue weighted by molar-refractivity contribution is 0.319. The van der Waals surface area contributed by atoms with Crippen molar-refractivity contribution < 1.29 is 4.74 Å². The molecule has 0 aliphatic carbocycles. The molecule has 0 radical (unpaired) electrons. The normalized spacial score (nSPS) is 10.1. The summed E-state index contributed by atoms with van der Waals surface area (Å²) in [5.74, 6) is 1.63. The van der Waals surface area contributed by atoms with Crippen LogP contribution in [0, 0.1) is 0 Å². The van der Waals surface area contributed by atoms with E-state index in [-0.39, 0.29) is 0 Å². The number of H-pyrrole nitrogens is 1. The molecular formula is C10H12N4O.